The minimum Gasteiger partial charge on any atom is -0.337 e. The Morgan fingerprint density at radius 1 is 1.19 bits per heavy atom. The third kappa shape index (κ3) is 2.21. The van der Waals surface area contributed by atoms with E-state index in [1.165, 1.54) is 0 Å². The number of hydrogen-bond donors (Lipinski definition) is 2. The van der Waals surface area contributed by atoms with Crippen molar-refractivity contribution in [3.8, 4) is 11.5 Å². The molecular weight excluding hydrogens is 406 g/mol. The van der Waals surface area contributed by atoms with Crippen molar-refractivity contribution in [2.75, 3.05) is 11.4 Å². The lowest BCUT2D eigenvalue weighted by atomic mass is 9.86. The van der Waals surface area contributed by atoms with Gasteiger partial charge in [0.05, 0.1) is 27.7 Å². The van der Waals surface area contributed by atoms with Crippen LogP contribution in [0, 0.1) is 0 Å². The number of rotatable bonds is 2. The van der Waals surface area contributed by atoms with E-state index in [1.807, 2.05) is 56.0 Å². The van der Waals surface area contributed by atoms with E-state index in [0.717, 1.165) is 43.4 Å². The quantitative estimate of drug-likeness (QED) is 0.497. The number of H-pyrrole nitrogens is 2. The zero-order chi connectivity index (χ0) is 18.9. The van der Waals surface area contributed by atoms with Crippen LogP contribution in [0.4, 0.5) is 5.69 Å². The van der Waals surface area contributed by atoms with Crippen LogP contribution in [0.1, 0.15) is 26.3 Å². The maximum atomic E-state index is 12.7. The molecule has 2 aromatic carbocycles. The highest BCUT2D eigenvalue weighted by molar-refractivity contribution is 9.10. The van der Waals surface area contributed by atoms with Gasteiger partial charge in [0, 0.05) is 16.4 Å². The van der Waals surface area contributed by atoms with Crippen LogP contribution in [0.15, 0.2) is 34.8 Å². The van der Waals surface area contributed by atoms with Crippen LogP contribution >= 0.6 is 15.9 Å². The van der Waals surface area contributed by atoms with Crippen LogP contribution in [0.2, 0.25) is 0 Å². The molecule has 0 radical (unpaired) electrons. The number of hydrogen-bond acceptors (Lipinski definition) is 3. The number of amides is 1. The Hall–Kier alpha value is -2.67. The number of anilines is 1. The summed E-state index contributed by atoms with van der Waals surface area (Å²) in [6.07, 6.45) is 0. The van der Waals surface area contributed by atoms with Crippen molar-refractivity contribution in [3.05, 3.63) is 40.4 Å². The van der Waals surface area contributed by atoms with Gasteiger partial charge in [-0.2, -0.15) is 5.10 Å². The number of carbonyl (C=O) groups excluding carboxylic acids is 1. The molecule has 2 aromatic heterocycles. The number of nitrogens with zero attached hydrogens (tertiary/aromatic N) is 3. The number of nitrogens with one attached hydrogen (secondary N) is 2. The second-order valence-corrected chi connectivity index (χ2v) is 8.32. The van der Waals surface area contributed by atoms with E-state index < -0.39 is 5.41 Å². The van der Waals surface area contributed by atoms with Crippen LogP contribution in [-0.2, 0) is 10.2 Å². The maximum absolute atomic E-state index is 12.7. The molecule has 2 N–H and O–H groups in total. The lowest BCUT2D eigenvalue weighted by molar-refractivity contribution is -0.122. The van der Waals surface area contributed by atoms with Crippen molar-refractivity contribution in [1.82, 2.24) is 20.2 Å². The summed E-state index contributed by atoms with van der Waals surface area (Å²) in [5, 5.41) is 8.50. The molecule has 0 spiro atoms. The molecule has 0 unspecified atom stereocenters. The Balaban J connectivity index is 1.72. The molecule has 3 heterocycles. The van der Waals surface area contributed by atoms with E-state index >= 15 is 0 Å². The van der Waals surface area contributed by atoms with Crippen molar-refractivity contribution in [2.45, 2.75) is 26.2 Å². The number of aromatic amines is 2. The third-order valence-electron chi connectivity index (χ3n) is 5.41. The molecule has 136 valence electrons. The highest BCUT2D eigenvalue weighted by atomic mass is 79.9. The Morgan fingerprint density at radius 2 is 2.00 bits per heavy atom. The Kier molecular flexibility index (Phi) is 3.31. The molecule has 1 aliphatic rings. The molecule has 6 nitrogen and oxygen atoms in total. The predicted octanol–water partition coefficient (Wildman–Crippen LogP) is 4.51. The molecule has 27 heavy (non-hydrogen) atoms. The third-order valence-corrected chi connectivity index (χ3v) is 5.90. The Labute approximate surface area is 164 Å². The van der Waals surface area contributed by atoms with Crippen LogP contribution in [-0.4, -0.2) is 32.6 Å². The molecule has 0 saturated carbocycles. The van der Waals surface area contributed by atoms with Crippen molar-refractivity contribution in [1.29, 1.82) is 0 Å². The molecule has 0 aliphatic carbocycles. The molecule has 1 amide bonds. The first-order chi connectivity index (χ1) is 12.9. The zero-order valence-corrected chi connectivity index (χ0v) is 16.8. The highest BCUT2D eigenvalue weighted by Gasteiger charge is 2.43. The molecule has 1 aliphatic heterocycles. The summed E-state index contributed by atoms with van der Waals surface area (Å²) in [5.74, 6) is 0.848. The van der Waals surface area contributed by atoms with E-state index in [0.29, 0.717) is 12.4 Å². The minimum atomic E-state index is -0.539. The fraction of sp³-hybridized carbons (Fsp3) is 0.250. The maximum Gasteiger partial charge on any atom is 0.237 e. The number of aromatic nitrogens is 4. The standard InChI is InChI=1S/C20H18BrN5O/c1-4-26-16-9-15-14(8-12(16)20(2,3)19(26)27)22-18(23-15)17-11-7-10(21)5-6-13(11)24-25-17/h5-9H,4H2,1-3H3,(H,22,23)(H,24,25). The molecular formula is C20H18BrN5O. The summed E-state index contributed by atoms with van der Waals surface area (Å²) in [6.45, 7) is 6.60. The van der Waals surface area contributed by atoms with Crippen LogP contribution in [0.5, 0.6) is 0 Å². The topological polar surface area (TPSA) is 77.7 Å². The van der Waals surface area contributed by atoms with Gasteiger partial charge >= 0.3 is 0 Å². The van der Waals surface area contributed by atoms with E-state index in [-0.39, 0.29) is 5.91 Å². The summed E-state index contributed by atoms with van der Waals surface area (Å²) < 4.78 is 0.992. The number of carbonyl (C=O) groups is 1. The van der Waals surface area contributed by atoms with Gasteiger partial charge in [-0.15, -0.1) is 0 Å². The van der Waals surface area contributed by atoms with Crippen molar-refractivity contribution in [3.63, 3.8) is 0 Å². The lowest BCUT2D eigenvalue weighted by Crippen LogP contribution is -2.35. The zero-order valence-electron chi connectivity index (χ0n) is 15.2. The van der Waals surface area contributed by atoms with Crippen LogP contribution in [0.3, 0.4) is 0 Å². The number of imidazole rings is 1. The van der Waals surface area contributed by atoms with Gasteiger partial charge in [-0.1, -0.05) is 15.9 Å². The van der Waals surface area contributed by atoms with E-state index in [1.54, 1.807) is 0 Å². The van der Waals surface area contributed by atoms with Crippen molar-refractivity contribution < 1.29 is 4.79 Å². The van der Waals surface area contributed by atoms with Gasteiger partial charge in [-0.3, -0.25) is 9.89 Å². The summed E-state index contributed by atoms with van der Waals surface area (Å²) >= 11 is 3.52. The molecule has 7 heteroatoms. The van der Waals surface area contributed by atoms with Crippen molar-refractivity contribution in [2.24, 2.45) is 0 Å². The summed E-state index contributed by atoms with van der Waals surface area (Å²) in [5.41, 5.74) is 4.93. The van der Waals surface area contributed by atoms with E-state index in [4.69, 9.17) is 4.98 Å². The number of benzene rings is 2. The van der Waals surface area contributed by atoms with Crippen LogP contribution < -0.4 is 4.90 Å². The predicted molar refractivity (Wildman–Crippen MR) is 110 cm³/mol. The van der Waals surface area contributed by atoms with Gasteiger partial charge < -0.3 is 9.88 Å². The molecule has 0 fully saturated rings. The molecule has 4 aromatic rings. The van der Waals surface area contributed by atoms with Gasteiger partial charge in [-0.05, 0) is 56.7 Å². The smallest absolute Gasteiger partial charge is 0.237 e. The van der Waals surface area contributed by atoms with Crippen LogP contribution in [0.25, 0.3) is 33.5 Å². The lowest BCUT2D eigenvalue weighted by Gasteiger charge is -2.18. The van der Waals surface area contributed by atoms with Crippen molar-refractivity contribution >= 4 is 49.5 Å². The van der Waals surface area contributed by atoms with Gasteiger partial charge in [0.1, 0.15) is 5.69 Å². The molecule has 0 bridgehead atoms. The van der Waals surface area contributed by atoms with Gasteiger partial charge in [0.2, 0.25) is 5.91 Å². The Morgan fingerprint density at radius 3 is 2.78 bits per heavy atom. The first-order valence-corrected chi connectivity index (χ1v) is 9.69. The second kappa shape index (κ2) is 5.42. The van der Waals surface area contributed by atoms with Gasteiger partial charge in [0.15, 0.2) is 5.82 Å². The fourth-order valence-corrected chi connectivity index (χ4v) is 4.29. The minimum absolute atomic E-state index is 0.135. The average molecular weight is 424 g/mol. The first kappa shape index (κ1) is 16.5. The molecule has 0 atom stereocenters. The monoisotopic (exact) mass is 423 g/mol. The number of likely N-dealkylation sites (N-methyl/N-ethyl adjacent to an activating group) is 1. The summed E-state index contributed by atoms with van der Waals surface area (Å²) in [6, 6.07) is 10.1. The van der Waals surface area contributed by atoms with Gasteiger partial charge in [-0.25, -0.2) is 4.98 Å². The molecule has 5 rings (SSSR count). The Bertz CT molecular complexity index is 1240. The largest absolute Gasteiger partial charge is 0.337 e. The fourth-order valence-electron chi connectivity index (χ4n) is 3.92. The summed E-state index contributed by atoms with van der Waals surface area (Å²) in [7, 11) is 0. The number of fused-ring (bicyclic) bond motifs is 3. The highest BCUT2D eigenvalue weighted by Crippen LogP contribution is 2.43. The first-order valence-electron chi connectivity index (χ1n) is 8.90. The van der Waals surface area contributed by atoms with E-state index in [2.05, 4.69) is 31.1 Å². The molecule has 0 saturated heterocycles. The number of halogens is 1. The van der Waals surface area contributed by atoms with E-state index in [9.17, 15) is 4.79 Å². The summed E-state index contributed by atoms with van der Waals surface area (Å²) in [4.78, 5) is 22.7. The average Bonchev–Trinajstić information content (AvgIpc) is 3.27. The SMILES string of the molecule is CCN1C(=O)C(C)(C)c2cc3nc(-c4n[nH]c5ccc(Br)cc45)[nH]c3cc21. The van der Waals surface area contributed by atoms with Gasteiger partial charge in [0.25, 0.3) is 0 Å². The normalized spacial score (nSPS) is 15.9. The second-order valence-electron chi connectivity index (χ2n) is 7.41.